The van der Waals surface area contributed by atoms with Crippen molar-refractivity contribution in [3.05, 3.63) is 71.2 Å². The standard InChI is InChI=1S/C17H13FO2/c1-11-5-4-7-13-10-16(20-17(11)13)15(19)9-12-6-2-3-8-14(12)18/h2-8,10H,9H2,1H3. The van der Waals surface area contributed by atoms with Crippen LogP contribution in [0.1, 0.15) is 21.7 Å². The molecule has 0 amide bonds. The van der Waals surface area contributed by atoms with E-state index < -0.39 is 0 Å². The average molecular weight is 268 g/mol. The summed E-state index contributed by atoms with van der Waals surface area (Å²) < 4.78 is 19.2. The summed E-state index contributed by atoms with van der Waals surface area (Å²) in [4.78, 5) is 12.2. The Morgan fingerprint density at radius 1 is 1.15 bits per heavy atom. The number of halogens is 1. The van der Waals surface area contributed by atoms with Crippen LogP contribution in [0.3, 0.4) is 0 Å². The fourth-order valence-corrected chi connectivity index (χ4v) is 2.25. The highest BCUT2D eigenvalue weighted by Crippen LogP contribution is 2.23. The Bertz CT molecular complexity index is 787. The van der Waals surface area contributed by atoms with Crippen molar-refractivity contribution >= 4 is 16.8 Å². The molecule has 0 N–H and O–H groups in total. The second-order valence-corrected chi connectivity index (χ2v) is 4.80. The molecule has 1 heterocycles. The van der Waals surface area contributed by atoms with Crippen LogP contribution in [0.4, 0.5) is 4.39 Å². The molecule has 2 nitrogen and oxygen atoms in total. The number of aryl methyl sites for hydroxylation is 1. The van der Waals surface area contributed by atoms with Crippen LogP contribution in [0.15, 0.2) is 52.9 Å². The van der Waals surface area contributed by atoms with Gasteiger partial charge in [0.1, 0.15) is 11.4 Å². The molecule has 0 fully saturated rings. The maximum absolute atomic E-state index is 13.6. The van der Waals surface area contributed by atoms with E-state index in [1.54, 1.807) is 24.3 Å². The lowest BCUT2D eigenvalue weighted by atomic mass is 10.1. The summed E-state index contributed by atoms with van der Waals surface area (Å²) >= 11 is 0. The molecule has 0 aliphatic carbocycles. The van der Waals surface area contributed by atoms with Gasteiger partial charge in [0.25, 0.3) is 0 Å². The highest BCUT2D eigenvalue weighted by molar-refractivity contribution is 5.99. The van der Waals surface area contributed by atoms with Gasteiger partial charge in [-0.3, -0.25) is 4.79 Å². The predicted molar refractivity (Wildman–Crippen MR) is 75.4 cm³/mol. The topological polar surface area (TPSA) is 30.2 Å². The van der Waals surface area contributed by atoms with Gasteiger partial charge in [0.05, 0.1) is 0 Å². The molecule has 1 aromatic heterocycles. The third-order valence-electron chi connectivity index (χ3n) is 3.32. The number of hydrogen-bond acceptors (Lipinski definition) is 2. The van der Waals surface area contributed by atoms with Crippen LogP contribution in [0.5, 0.6) is 0 Å². The van der Waals surface area contributed by atoms with Gasteiger partial charge in [0.2, 0.25) is 5.78 Å². The quantitative estimate of drug-likeness (QED) is 0.663. The number of hydrogen-bond donors (Lipinski definition) is 0. The third kappa shape index (κ3) is 2.23. The minimum absolute atomic E-state index is 0.00550. The molecule has 3 rings (SSSR count). The van der Waals surface area contributed by atoms with Gasteiger partial charge in [-0.1, -0.05) is 36.4 Å². The van der Waals surface area contributed by atoms with Crippen molar-refractivity contribution in [1.29, 1.82) is 0 Å². The second-order valence-electron chi connectivity index (χ2n) is 4.80. The number of rotatable bonds is 3. The van der Waals surface area contributed by atoms with E-state index in [1.165, 1.54) is 6.07 Å². The first-order chi connectivity index (χ1) is 9.65. The Balaban J connectivity index is 1.93. The third-order valence-corrected chi connectivity index (χ3v) is 3.32. The van der Waals surface area contributed by atoms with Gasteiger partial charge in [-0.15, -0.1) is 0 Å². The summed E-state index contributed by atoms with van der Waals surface area (Å²) in [5.41, 5.74) is 2.08. The van der Waals surface area contributed by atoms with E-state index in [0.717, 1.165) is 10.9 Å². The number of carbonyl (C=O) groups excluding carboxylic acids is 1. The lowest BCUT2D eigenvalue weighted by Gasteiger charge is -2.00. The van der Waals surface area contributed by atoms with Gasteiger partial charge in [0.15, 0.2) is 5.76 Å². The number of fused-ring (bicyclic) bond motifs is 1. The van der Waals surface area contributed by atoms with Crippen molar-refractivity contribution in [2.45, 2.75) is 13.3 Å². The van der Waals surface area contributed by atoms with Crippen molar-refractivity contribution in [1.82, 2.24) is 0 Å². The highest BCUT2D eigenvalue weighted by Gasteiger charge is 2.15. The normalized spacial score (nSPS) is 10.9. The molecule has 20 heavy (non-hydrogen) atoms. The molecule has 3 heteroatoms. The Hall–Kier alpha value is -2.42. The first kappa shape index (κ1) is 12.6. The number of Topliss-reactive ketones (excluding diaryl/α,β-unsaturated/α-hetero) is 1. The molecule has 2 aromatic carbocycles. The zero-order valence-electron chi connectivity index (χ0n) is 11.0. The minimum Gasteiger partial charge on any atom is -0.453 e. The molecular formula is C17H13FO2. The first-order valence-electron chi connectivity index (χ1n) is 6.41. The Morgan fingerprint density at radius 3 is 2.70 bits per heavy atom. The summed E-state index contributed by atoms with van der Waals surface area (Å²) in [5, 5.41) is 0.891. The van der Waals surface area contributed by atoms with Gasteiger partial charge < -0.3 is 4.42 Å². The number of para-hydroxylation sites is 1. The smallest absolute Gasteiger partial charge is 0.202 e. The summed E-state index contributed by atoms with van der Waals surface area (Å²) in [5.74, 6) is -0.309. The molecule has 0 atom stereocenters. The summed E-state index contributed by atoms with van der Waals surface area (Å²) in [6.07, 6.45) is 0.00550. The number of carbonyl (C=O) groups is 1. The van der Waals surface area contributed by atoms with E-state index >= 15 is 0 Å². The fourth-order valence-electron chi connectivity index (χ4n) is 2.25. The maximum Gasteiger partial charge on any atom is 0.202 e. The van der Waals surface area contributed by atoms with Crippen LogP contribution < -0.4 is 0 Å². The highest BCUT2D eigenvalue weighted by atomic mass is 19.1. The van der Waals surface area contributed by atoms with E-state index in [2.05, 4.69) is 0 Å². The zero-order chi connectivity index (χ0) is 14.1. The van der Waals surface area contributed by atoms with Gasteiger partial charge in [0, 0.05) is 11.8 Å². The predicted octanol–water partition coefficient (Wildman–Crippen LogP) is 4.31. The van der Waals surface area contributed by atoms with E-state index in [4.69, 9.17) is 4.42 Å². The maximum atomic E-state index is 13.6. The Labute approximate surface area is 115 Å². The average Bonchev–Trinajstić information content (AvgIpc) is 2.87. The van der Waals surface area contributed by atoms with Crippen molar-refractivity contribution in [3.63, 3.8) is 0 Å². The van der Waals surface area contributed by atoms with Crippen LogP contribution in [-0.2, 0) is 6.42 Å². The van der Waals surface area contributed by atoms with E-state index in [-0.39, 0.29) is 23.8 Å². The van der Waals surface area contributed by atoms with Gasteiger partial charge in [-0.2, -0.15) is 0 Å². The summed E-state index contributed by atoms with van der Waals surface area (Å²) in [7, 11) is 0. The molecule has 0 saturated heterocycles. The van der Waals surface area contributed by atoms with Gasteiger partial charge in [-0.25, -0.2) is 4.39 Å². The van der Waals surface area contributed by atoms with Crippen molar-refractivity contribution < 1.29 is 13.6 Å². The lowest BCUT2D eigenvalue weighted by molar-refractivity contribution is 0.0967. The molecular weight excluding hydrogens is 255 g/mol. The van der Waals surface area contributed by atoms with Crippen molar-refractivity contribution in [3.8, 4) is 0 Å². The Morgan fingerprint density at radius 2 is 1.95 bits per heavy atom. The molecule has 3 aromatic rings. The molecule has 0 saturated carbocycles. The van der Waals surface area contributed by atoms with Crippen LogP contribution >= 0.6 is 0 Å². The summed E-state index contributed by atoms with van der Waals surface area (Å²) in [6, 6.07) is 13.7. The van der Waals surface area contributed by atoms with Crippen molar-refractivity contribution in [2.75, 3.05) is 0 Å². The monoisotopic (exact) mass is 268 g/mol. The van der Waals surface area contributed by atoms with E-state index in [0.29, 0.717) is 11.1 Å². The number of furan rings is 1. The fraction of sp³-hybridized carbons (Fsp3) is 0.118. The minimum atomic E-state index is -0.367. The SMILES string of the molecule is Cc1cccc2cc(C(=O)Cc3ccccc3F)oc12. The van der Waals surface area contributed by atoms with Crippen LogP contribution in [0.25, 0.3) is 11.0 Å². The molecule has 0 aliphatic rings. The van der Waals surface area contributed by atoms with E-state index in [9.17, 15) is 9.18 Å². The van der Waals surface area contributed by atoms with Crippen LogP contribution in [-0.4, -0.2) is 5.78 Å². The van der Waals surface area contributed by atoms with Gasteiger partial charge >= 0.3 is 0 Å². The number of ketones is 1. The molecule has 0 radical (unpaired) electrons. The van der Waals surface area contributed by atoms with E-state index in [1.807, 2.05) is 25.1 Å². The Kier molecular flexibility index (Phi) is 3.11. The van der Waals surface area contributed by atoms with Crippen LogP contribution in [0, 0.1) is 12.7 Å². The van der Waals surface area contributed by atoms with Gasteiger partial charge in [-0.05, 0) is 30.2 Å². The molecule has 0 unspecified atom stereocenters. The molecule has 100 valence electrons. The first-order valence-corrected chi connectivity index (χ1v) is 6.41. The second kappa shape index (κ2) is 4.93. The molecule has 0 spiro atoms. The largest absolute Gasteiger partial charge is 0.453 e. The number of benzene rings is 2. The molecule has 0 aliphatic heterocycles. The summed E-state index contributed by atoms with van der Waals surface area (Å²) in [6.45, 7) is 1.93. The van der Waals surface area contributed by atoms with Crippen LogP contribution in [0.2, 0.25) is 0 Å². The zero-order valence-corrected chi connectivity index (χ0v) is 11.0. The molecule has 0 bridgehead atoms. The van der Waals surface area contributed by atoms with Crippen molar-refractivity contribution in [2.24, 2.45) is 0 Å². The lowest BCUT2D eigenvalue weighted by Crippen LogP contribution is -2.03.